The number of aliphatic hydroxyl groups is 1. The number of hydrogen-bond donors (Lipinski definition) is 3. The molecule has 2 aromatic carbocycles. The van der Waals surface area contributed by atoms with E-state index in [9.17, 15) is 9.50 Å². The van der Waals surface area contributed by atoms with Crippen molar-refractivity contribution in [2.75, 3.05) is 11.4 Å². The second kappa shape index (κ2) is 4.95. The predicted octanol–water partition coefficient (Wildman–Crippen LogP) is 3.47. The fraction of sp³-hybridized carbons (Fsp3) is 0.0588. The van der Waals surface area contributed by atoms with E-state index < -0.39 is 5.82 Å². The highest BCUT2D eigenvalue weighted by Crippen LogP contribution is 2.31. The highest BCUT2D eigenvalue weighted by atomic mass is 19.1. The number of amidine groups is 1. The molecule has 1 aromatic heterocycles. The van der Waals surface area contributed by atoms with Crippen LogP contribution in [0.15, 0.2) is 54.3 Å². The van der Waals surface area contributed by atoms with Crippen molar-refractivity contribution in [1.29, 1.82) is 5.41 Å². The zero-order valence-corrected chi connectivity index (χ0v) is 12.0. The van der Waals surface area contributed by atoms with E-state index in [2.05, 4.69) is 9.97 Å². The van der Waals surface area contributed by atoms with Gasteiger partial charge in [0.15, 0.2) is 0 Å². The Morgan fingerprint density at radius 3 is 2.65 bits per heavy atom. The van der Waals surface area contributed by atoms with E-state index >= 15 is 0 Å². The highest BCUT2D eigenvalue weighted by molar-refractivity contribution is 6.30. The van der Waals surface area contributed by atoms with Crippen molar-refractivity contribution < 1.29 is 9.50 Å². The maximum atomic E-state index is 14.0. The lowest BCUT2D eigenvalue weighted by atomic mass is 10.2. The molecule has 6 heteroatoms. The van der Waals surface area contributed by atoms with Crippen molar-refractivity contribution in [1.82, 2.24) is 9.97 Å². The van der Waals surface area contributed by atoms with Crippen LogP contribution in [0.3, 0.4) is 0 Å². The summed E-state index contributed by atoms with van der Waals surface area (Å²) in [6.07, 6.45) is 0. The van der Waals surface area contributed by atoms with Gasteiger partial charge in [-0.25, -0.2) is 9.37 Å². The fourth-order valence-corrected chi connectivity index (χ4v) is 2.78. The molecule has 0 unspecified atom stereocenters. The molecule has 0 atom stereocenters. The van der Waals surface area contributed by atoms with Crippen LogP contribution in [0.1, 0.15) is 5.82 Å². The Hall–Kier alpha value is -3.15. The number of para-hydroxylation sites is 3. The largest absolute Gasteiger partial charge is 0.509 e. The van der Waals surface area contributed by atoms with Crippen LogP contribution in [0.2, 0.25) is 0 Å². The number of aromatic amines is 1. The third kappa shape index (κ3) is 2.07. The topological polar surface area (TPSA) is 76.0 Å². The predicted molar refractivity (Wildman–Crippen MR) is 87.1 cm³/mol. The number of aliphatic hydroxyl groups excluding tert-OH is 1. The Kier molecular flexibility index (Phi) is 2.90. The minimum Gasteiger partial charge on any atom is -0.509 e. The van der Waals surface area contributed by atoms with Crippen LogP contribution < -0.4 is 4.90 Å². The number of hydrogen-bond acceptors (Lipinski definition) is 3. The minimum atomic E-state index is -0.434. The van der Waals surface area contributed by atoms with Gasteiger partial charge in [-0.2, -0.15) is 0 Å². The molecule has 2 heterocycles. The summed E-state index contributed by atoms with van der Waals surface area (Å²) in [6.45, 7) is 0.0478. The van der Waals surface area contributed by atoms with Gasteiger partial charge in [0.2, 0.25) is 0 Å². The molecular formula is C17H13FN4O. The van der Waals surface area contributed by atoms with Gasteiger partial charge < -0.3 is 15.0 Å². The standard InChI is InChI=1S/C17H13FN4O/c18-10-5-1-4-8-13(10)22-9-14(23)15(16(22)19)17-20-11-6-2-3-7-12(11)21-17/h1-8,19,23H,9H2,(H,20,21). The van der Waals surface area contributed by atoms with Gasteiger partial charge in [-0.3, -0.25) is 5.41 Å². The van der Waals surface area contributed by atoms with E-state index in [0.717, 1.165) is 11.0 Å². The summed E-state index contributed by atoms with van der Waals surface area (Å²) in [5, 5.41) is 18.6. The average molecular weight is 308 g/mol. The van der Waals surface area contributed by atoms with E-state index in [0.29, 0.717) is 11.4 Å². The summed E-state index contributed by atoms with van der Waals surface area (Å²) in [4.78, 5) is 8.93. The number of H-pyrrole nitrogens is 1. The first kappa shape index (κ1) is 13.5. The Labute approximate surface area is 131 Å². The molecule has 0 fully saturated rings. The lowest BCUT2D eigenvalue weighted by molar-refractivity contribution is 0.411. The molecule has 3 N–H and O–H groups in total. The molecule has 0 amide bonds. The summed E-state index contributed by atoms with van der Waals surface area (Å²) >= 11 is 0. The van der Waals surface area contributed by atoms with Gasteiger partial charge in [0.05, 0.1) is 28.8 Å². The van der Waals surface area contributed by atoms with Gasteiger partial charge in [0, 0.05) is 0 Å². The van der Waals surface area contributed by atoms with Gasteiger partial charge >= 0.3 is 0 Å². The average Bonchev–Trinajstić information content (AvgIpc) is 3.08. The molecule has 0 aliphatic carbocycles. The normalized spacial score (nSPS) is 15.0. The van der Waals surface area contributed by atoms with Gasteiger partial charge in [-0.1, -0.05) is 24.3 Å². The summed E-state index contributed by atoms with van der Waals surface area (Å²) in [6, 6.07) is 13.7. The highest BCUT2D eigenvalue weighted by Gasteiger charge is 2.32. The summed E-state index contributed by atoms with van der Waals surface area (Å²) < 4.78 is 14.0. The number of anilines is 1. The maximum Gasteiger partial charge on any atom is 0.146 e. The molecule has 4 rings (SSSR count). The number of imidazole rings is 1. The quantitative estimate of drug-likeness (QED) is 0.678. The molecule has 0 saturated carbocycles. The van der Waals surface area contributed by atoms with Crippen LogP contribution in [0.25, 0.3) is 16.6 Å². The monoisotopic (exact) mass is 308 g/mol. The molecule has 0 bridgehead atoms. The molecule has 1 aliphatic heterocycles. The second-order valence-corrected chi connectivity index (χ2v) is 5.31. The summed E-state index contributed by atoms with van der Waals surface area (Å²) in [5.41, 5.74) is 2.12. The Morgan fingerprint density at radius 2 is 1.87 bits per heavy atom. The van der Waals surface area contributed by atoms with Crippen molar-refractivity contribution in [2.45, 2.75) is 0 Å². The van der Waals surface area contributed by atoms with Crippen LogP contribution in [-0.2, 0) is 0 Å². The Morgan fingerprint density at radius 1 is 1.13 bits per heavy atom. The molecule has 114 valence electrons. The number of aromatic nitrogens is 2. The smallest absolute Gasteiger partial charge is 0.146 e. The first-order valence-electron chi connectivity index (χ1n) is 7.13. The molecule has 3 aromatic rings. The van der Waals surface area contributed by atoms with Gasteiger partial charge in [-0.15, -0.1) is 0 Å². The van der Waals surface area contributed by atoms with Crippen molar-refractivity contribution in [2.24, 2.45) is 0 Å². The molecule has 1 aliphatic rings. The summed E-state index contributed by atoms with van der Waals surface area (Å²) in [7, 11) is 0. The number of nitrogens with one attached hydrogen (secondary N) is 2. The van der Waals surface area contributed by atoms with Crippen molar-refractivity contribution in [3.63, 3.8) is 0 Å². The first-order chi connectivity index (χ1) is 11.1. The fourth-order valence-electron chi connectivity index (χ4n) is 2.78. The third-order valence-corrected chi connectivity index (χ3v) is 3.87. The molecule has 23 heavy (non-hydrogen) atoms. The van der Waals surface area contributed by atoms with Crippen LogP contribution >= 0.6 is 0 Å². The third-order valence-electron chi connectivity index (χ3n) is 3.87. The second-order valence-electron chi connectivity index (χ2n) is 5.31. The van der Waals surface area contributed by atoms with Crippen LogP contribution in [-0.4, -0.2) is 27.5 Å². The maximum absolute atomic E-state index is 14.0. The molecule has 5 nitrogen and oxygen atoms in total. The lowest BCUT2D eigenvalue weighted by Crippen LogP contribution is -2.27. The molecule has 0 spiro atoms. The summed E-state index contributed by atoms with van der Waals surface area (Å²) in [5.74, 6) is -0.00703. The first-order valence-corrected chi connectivity index (χ1v) is 7.13. The molecule has 0 radical (unpaired) electrons. The number of nitrogens with zero attached hydrogens (tertiary/aromatic N) is 2. The SMILES string of the molecule is N=C1C(c2nc3ccccc3[nH]2)=C(O)CN1c1ccccc1F. The number of benzene rings is 2. The van der Waals surface area contributed by atoms with Crippen LogP contribution in [0.5, 0.6) is 0 Å². The van der Waals surface area contributed by atoms with Gasteiger partial charge in [-0.05, 0) is 24.3 Å². The minimum absolute atomic E-state index is 0.00249. The van der Waals surface area contributed by atoms with Crippen molar-refractivity contribution in [3.8, 4) is 0 Å². The van der Waals surface area contributed by atoms with E-state index in [-0.39, 0.29) is 23.8 Å². The Balaban J connectivity index is 1.76. The van der Waals surface area contributed by atoms with Crippen molar-refractivity contribution >= 4 is 28.1 Å². The zero-order valence-electron chi connectivity index (χ0n) is 12.0. The van der Waals surface area contributed by atoms with Gasteiger partial charge in [0.1, 0.15) is 23.2 Å². The van der Waals surface area contributed by atoms with E-state index in [1.807, 2.05) is 24.3 Å². The lowest BCUT2D eigenvalue weighted by Gasteiger charge is -2.18. The number of fused-ring (bicyclic) bond motifs is 1. The number of rotatable bonds is 2. The van der Waals surface area contributed by atoms with Crippen LogP contribution in [0.4, 0.5) is 10.1 Å². The number of halogens is 1. The van der Waals surface area contributed by atoms with E-state index in [1.54, 1.807) is 18.2 Å². The van der Waals surface area contributed by atoms with Gasteiger partial charge in [0.25, 0.3) is 0 Å². The van der Waals surface area contributed by atoms with E-state index in [4.69, 9.17) is 5.41 Å². The zero-order chi connectivity index (χ0) is 16.0. The van der Waals surface area contributed by atoms with E-state index in [1.165, 1.54) is 11.0 Å². The van der Waals surface area contributed by atoms with Crippen LogP contribution in [0, 0.1) is 11.2 Å². The Bertz CT molecular complexity index is 927. The molecular weight excluding hydrogens is 295 g/mol. The van der Waals surface area contributed by atoms with Crippen molar-refractivity contribution in [3.05, 3.63) is 65.9 Å². The molecule has 0 saturated heterocycles.